The van der Waals surface area contributed by atoms with E-state index in [9.17, 15) is 9.50 Å². The number of aromatic hydroxyl groups is 1. The summed E-state index contributed by atoms with van der Waals surface area (Å²) in [5, 5.41) is 16.6. The molecule has 27 heavy (non-hydrogen) atoms. The average Bonchev–Trinajstić information content (AvgIpc) is 2.64. The third-order valence-electron chi connectivity index (χ3n) is 3.92. The van der Waals surface area contributed by atoms with Crippen LogP contribution >= 0.6 is 24.0 Å². The SMILES string of the molecule is CCNC(=NCCc1cccc(OC)c1O)NCCc1ccc(F)cc1.I. The van der Waals surface area contributed by atoms with Crippen molar-refractivity contribution in [1.29, 1.82) is 0 Å². The third-order valence-corrected chi connectivity index (χ3v) is 3.92. The molecular weight excluding hydrogens is 460 g/mol. The van der Waals surface area contributed by atoms with Crippen LogP contribution in [-0.2, 0) is 12.8 Å². The highest BCUT2D eigenvalue weighted by Crippen LogP contribution is 2.29. The third kappa shape index (κ3) is 7.62. The Kier molecular flexibility index (Phi) is 10.5. The lowest BCUT2D eigenvalue weighted by molar-refractivity contribution is 0.370. The number of hydrogen-bond acceptors (Lipinski definition) is 3. The Bertz CT molecular complexity index is 724. The van der Waals surface area contributed by atoms with E-state index in [1.54, 1.807) is 18.2 Å². The number of halogens is 2. The Labute approximate surface area is 177 Å². The van der Waals surface area contributed by atoms with E-state index in [-0.39, 0.29) is 35.5 Å². The molecule has 0 fully saturated rings. The summed E-state index contributed by atoms with van der Waals surface area (Å²) < 4.78 is 18.0. The molecule has 0 heterocycles. The summed E-state index contributed by atoms with van der Waals surface area (Å²) in [6.45, 7) is 3.99. The zero-order valence-electron chi connectivity index (χ0n) is 15.7. The second-order valence-corrected chi connectivity index (χ2v) is 5.78. The van der Waals surface area contributed by atoms with Gasteiger partial charge in [-0.05, 0) is 49.1 Å². The van der Waals surface area contributed by atoms with Crippen LogP contribution in [0.1, 0.15) is 18.1 Å². The lowest BCUT2D eigenvalue weighted by Gasteiger charge is -2.12. The number of para-hydroxylation sites is 1. The van der Waals surface area contributed by atoms with Crippen LogP contribution in [0.2, 0.25) is 0 Å². The molecule has 0 saturated carbocycles. The van der Waals surface area contributed by atoms with Gasteiger partial charge in [0.1, 0.15) is 5.82 Å². The highest BCUT2D eigenvalue weighted by molar-refractivity contribution is 14.0. The summed E-state index contributed by atoms with van der Waals surface area (Å²) in [6.07, 6.45) is 1.39. The van der Waals surface area contributed by atoms with Gasteiger partial charge in [-0.3, -0.25) is 4.99 Å². The molecule has 2 rings (SSSR count). The van der Waals surface area contributed by atoms with Gasteiger partial charge in [-0.25, -0.2) is 4.39 Å². The number of phenols is 1. The lowest BCUT2D eigenvalue weighted by atomic mass is 10.1. The van der Waals surface area contributed by atoms with E-state index in [0.717, 1.165) is 30.1 Å². The number of ether oxygens (including phenoxy) is 1. The second-order valence-electron chi connectivity index (χ2n) is 5.78. The van der Waals surface area contributed by atoms with Crippen molar-refractivity contribution in [2.45, 2.75) is 19.8 Å². The van der Waals surface area contributed by atoms with Gasteiger partial charge in [0.15, 0.2) is 17.5 Å². The molecular formula is C20H27FIN3O2. The van der Waals surface area contributed by atoms with Crippen LogP contribution in [0.3, 0.4) is 0 Å². The largest absolute Gasteiger partial charge is 0.504 e. The summed E-state index contributed by atoms with van der Waals surface area (Å²) in [5.74, 6) is 1.13. The summed E-state index contributed by atoms with van der Waals surface area (Å²) in [7, 11) is 1.53. The molecule has 0 spiro atoms. The molecule has 2 aromatic rings. The summed E-state index contributed by atoms with van der Waals surface area (Å²) >= 11 is 0. The predicted octanol–water partition coefficient (Wildman–Crippen LogP) is 3.50. The predicted molar refractivity (Wildman–Crippen MR) is 118 cm³/mol. The minimum Gasteiger partial charge on any atom is -0.504 e. The van der Waals surface area contributed by atoms with Gasteiger partial charge in [0.05, 0.1) is 7.11 Å². The fourth-order valence-corrected chi connectivity index (χ4v) is 2.54. The number of phenolic OH excluding ortho intramolecular Hbond substituents is 1. The number of methoxy groups -OCH3 is 1. The average molecular weight is 487 g/mol. The van der Waals surface area contributed by atoms with Crippen molar-refractivity contribution in [2.75, 3.05) is 26.7 Å². The number of benzene rings is 2. The molecule has 7 heteroatoms. The molecule has 0 atom stereocenters. The summed E-state index contributed by atoms with van der Waals surface area (Å²) in [4.78, 5) is 4.53. The molecule has 0 radical (unpaired) electrons. The van der Waals surface area contributed by atoms with E-state index in [2.05, 4.69) is 15.6 Å². The van der Waals surface area contributed by atoms with Crippen LogP contribution in [-0.4, -0.2) is 37.8 Å². The molecule has 0 saturated heterocycles. The number of nitrogens with one attached hydrogen (secondary N) is 2. The first kappa shape index (κ1) is 23.0. The topological polar surface area (TPSA) is 65.9 Å². The van der Waals surface area contributed by atoms with Gasteiger partial charge in [0.2, 0.25) is 0 Å². The Morgan fingerprint density at radius 3 is 2.52 bits per heavy atom. The first-order valence-electron chi connectivity index (χ1n) is 8.75. The van der Waals surface area contributed by atoms with Crippen LogP contribution in [0.15, 0.2) is 47.5 Å². The van der Waals surface area contributed by atoms with E-state index in [1.807, 2.05) is 19.1 Å². The normalized spacial score (nSPS) is 10.9. The standard InChI is InChI=1S/C20H26FN3O2.HI/c1-3-22-20(23-13-11-15-7-9-17(21)10-8-15)24-14-12-16-5-4-6-18(26-2)19(16)25;/h4-10,25H,3,11-14H2,1-2H3,(H2,22,23,24);1H. The van der Waals surface area contributed by atoms with Crippen LogP contribution < -0.4 is 15.4 Å². The van der Waals surface area contributed by atoms with Crippen LogP contribution in [0.5, 0.6) is 11.5 Å². The molecule has 3 N–H and O–H groups in total. The van der Waals surface area contributed by atoms with Crippen molar-refractivity contribution < 1.29 is 14.2 Å². The van der Waals surface area contributed by atoms with Gasteiger partial charge in [-0.2, -0.15) is 0 Å². The van der Waals surface area contributed by atoms with E-state index >= 15 is 0 Å². The number of aliphatic imine (C=N–C) groups is 1. The van der Waals surface area contributed by atoms with Crippen molar-refractivity contribution in [3.05, 3.63) is 59.4 Å². The van der Waals surface area contributed by atoms with Gasteiger partial charge in [-0.15, -0.1) is 24.0 Å². The molecule has 0 bridgehead atoms. The minimum atomic E-state index is -0.225. The molecule has 2 aromatic carbocycles. The zero-order valence-corrected chi connectivity index (χ0v) is 18.0. The first-order chi connectivity index (χ1) is 12.6. The maximum absolute atomic E-state index is 12.9. The fourth-order valence-electron chi connectivity index (χ4n) is 2.54. The first-order valence-corrected chi connectivity index (χ1v) is 8.75. The van der Waals surface area contributed by atoms with Crippen molar-refractivity contribution in [3.63, 3.8) is 0 Å². The molecule has 0 aliphatic rings. The van der Waals surface area contributed by atoms with Crippen LogP contribution in [0.25, 0.3) is 0 Å². The maximum atomic E-state index is 12.9. The highest BCUT2D eigenvalue weighted by atomic mass is 127. The highest BCUT2D eigenvalue weighted by Gasteiger charge is 2.06. The Hall–Kier alpha value is -2.03. The molecule has 148 valence electrons. The number of guanidine groups is 1. The second kappa shape index (κ2) is 12.4. The van der Waals surface area contributed by atoms with Gasteiger partial charge >= 0.3 is 0 Å². The Balaban J connectivity index is 0.00000364. The fraction of sp³-hybridized carbons (Fsp3) is 0.350. The monoisotopic (exact) mass is 487 g/mol. The number of nitrogens with zero attached hydrogens (tertiary/aromatic N) is 1. The Morgan fingerprint density at radius 2 is 1.85 bits per heavy atom. The number of hydrogen-bond donors (Lipinski definition) is 3. The van der Waals surface area contributed by atoms with Crippen molar-refractivity contribution in [1.82, 2.24) is 10.6 Å². The molecule has 5 nitrogen and oxygen atoms in total. The summed E-state index contributed by atoms with van der Waals surface area (Å²) in [5.41, 5.74) is 1.87. The van der Waals surface area contributed by atoms with Gasteiger partial charge in [0, 0.05) is 19.6 Å². The van der Waals surface area contributed by atoms with E-state index < -0.39 is 0 Å². The lowest BCUT2D eigenvalue weighted by Crippen LogP contribution is -2.38. The molecule has 0 aliphatic carbocycles. The van der Waals surface area contributed by atoms with Crippen LogP contribution in [0, 0.1) is 5.82 Å². The Morgan fingerprint density at radius 1 is 1.11 bits per heavy atom. The quantitative estimate of drug-likeness (QED) is 0.303. The summed E-state index contributed by atoms with van der Waals surface area (Å²) in [6, 6.07) is 11.9. The van der Waals surface area contributed by atoms with Crippen LogP contribution in [0.4, 0.5) is 4.39 Å². The van der Waals surface area contributed by atoms with Crippen molar-refractivity contribution >= 4 is 29.9 Å². The van der Waals surface area contributed by atoms with E-state index in [4.69, 9.17) is 4.74 Å². The zero-order chi connectivity index (χ0) is 18.8. The molecule has 0 aromatic heterocycles. The van der Waals surface area contributed by atoms with Gasteiger partial charge in [0.25, 0.3) is 0 Å². The van der Waals surface area contributed by atoms with Crippen molar-refractivity contribution in [3.8, 4) is 11.5 Å². The molecule has 0 aliphatic heterocycles. The maximum Gasteiger partial charge on any atom is 0.191 e. The number of rotatable bonds is 8. The molecule has 0 amide bonds. The van der Waals surface area contributed by atoms with Gasteiger partial charge in [-0.1, -0.05) is 24.3 Å². The van der Waals surface area contributed by atoms with Crippen molar-refractivity contribution in [2.24, 2.45) is 4.99 Å². The van der Waals surface area contributed by atoms with E-state index in [1.165, 1.54) is 19.2 Å². The minimum absolute atomic E-state index is 0. The van der Waals surface area contributed by atoms with Gasteiger partial charge < -0.3 is 20.5 Å². The molecule has 0 unspecified atom stereocenters. The smallest absolute Gasteiger partial charge is 0.191 e. The van der Waals surface area contributed by atoms with E-state index in [0.29, 0.717) is 25.3 Å².